The molecule has 118 valence electrons. The Morgan fingerprint density at radius 3 is 2.77 bits per heavy atom. The van der Waals surface area contributed by atoms with Crippen LogP contribution in [0.1, 0.15) is 43.6 Å². The van der Waals surface area contributed by atoms with E-state index >= 15 is 0 Å². The van der Waals surface area contributed by atoms with Gasteiger partial charge in [0.15, 0.2) is 0 Å². The van der Waals surface area contributed by atoms with Crippen LogP contribution in [0.4, 0.5) is 5.69 Å². The van der Waals surface area contributed by atoms with Crippen molar-refractivity contribution >= 4 is 17.5 Å². The Labute approximate surface area is 130 Å². The van der Waals surface area contributed by atoms with E-state index < -0.39 is 0 Å². The van der Waals surface area contributed by atoms with Crippen LogP contribution >= 0.6 is 0 Å². The van der Waals surface area contributed by atoms with Crippen LogP contribution in [0, 0.1) is 0 Å². The molecule has 1 atom stereocenters. The van der Waals surface area contributed by atoms with Gasteiger partial charge in [0.1, 0.15) is 0 Å². The van der Waals surface area contributed by atoms with Gasteiger partial charge in [-0.2, -0.15) is 0 Å². The number of amides is 2. The summed E-state index contributed by atoms with van der Waals surface area (Å²) in [6, 6.07) is 7.87. The number of hydrogen-bond acceptors (Lipinski definition) is 3. The molecule has 3 rings (SSSR count). The molecule has 1 aliphatic heterocycles. The minimum atomic E-state index is -0.375. The van der Waals surface area contributed by atoms with E-state index in [0.717, 1.165) is 30.5 Å². The fraction of sp³-hybridized carbons (Fsp3) is 0.529. The number of para-hydroxylation sites is 1. The van der Waals surface area contributed by atoms with Crippen molar-refractivity contribution < 1.29 is 14.7 Å². The lowest BCUT2D eigenvalue weighted by Crippen LogP contribution is -2.40. The fourth-order valence-electron chi connectivity index (χ4n) is 3.08. The molecule has 2 amide bonds. The van der Waals surface area contributed by atoms with E-state index in [4.69, 9.17) is 5.11 Å². The summed E-state index contributed by atoms with van der Waals surface area (Å²) < 4.78 is 0. The zero-order valence-corrected chi connectivity index (χ0v) is 12.6. The topological polar surface area (TPSA) is 69.6 Å². The molecule has 22 heavy (non-hydrogen) atoms. The van der Waals surface area contributed by atoms with Gasteiger partial charge in [-0.1, -0.05) is 18.2 Å². The number of fused-ring (bicyclic) bond motifs is 1. The molecular formula is C17H22N2O3. The van der Waals surface area contributed by atoms with Crippen molar-refractivity contribution in [2.45, 2.75) is 44.1 Å². The summed E-state index contributed by atoms with van der Waals surface area (Å²) in [5.74, 6) is -0.412. The molecule has 1 fully saturated rings. The van der Waals surface area contributed by atoms with Gasteiger partial charge in [0.05, 0.1) is 5.92 Å². The SMILES string of the molecule is O=C1CC(C(=O)N(CCCCO)C2CC2)c2ccccc2N1. The van der Waals surface area contributed by atoms with E-state index in [9.17, 15) is 9.59 Å². The minimum absolute atomic E-state index is 0.0581. The molecular weight excluding hydrogens is 280 g/mol. The van der Waals surface area contributed by atoms with Crippen LogP contribution in [-0.4, -0.2) is 41.0 Å². The molecule has 1 aromatic rings. The fourth-order valence-corrected chi connectivity index (χ4v) is 3.08. The zero-order valence-electron chi connectivity index (χ0n) is 12.6. The van der Waals surface area contributed by atoms with Crippen LogP contribution in [0.15, 0.2) is 24.3 Å². The van der Waals surface area contributed by atoms with Crippen LogP contribution in [0.2, 0.25) is 0 Å². The first-order chi connectivity index (χ1) is 10.7. The van der Waals surface area contributed by atoms with Gasteiger partial charge in [0, 0.05) is 31.3 Å². The summed E-state index contributed by atoms with van der Waals surface area (Å²) >= 11 is 0. The molecule has 2 N–H and O–H groups in total. The van der Waals surface area contributed by atoms with E-state index in [1.807, 2.05) is 29.2 Å². The smallest absolute Gasteiger partial charge is 0.230 e. The molecule has 1 aromatic carbocycles. The van der Waals surface area contributed by atoms with Gasteiger partial charge in [-0.05, 0) is 37.3 Å². The molecule has 1 heterocycles. The lowest BCUT2D eigenvalue weighted by molar-refractivity contribution is -0.135. The number of aliphatic hydroxyl groups excluding tert-OH is 1. The van der Waals surface area contributed by atoms with Crippen LogP contribution in [0.5, 0.6) is 0 Å². The first kappa shape index (κ1) is 15.0. The Morgan fingerprint density at radius 1 is 1.27 bits per heavy atom. The number of nitrogens with one attached hydrogen (secondary N) is 1. The number of carbonyl (C=O) groups excluding carboxylic acids is 2. The quantitative estimate of drug-likeness (QED) is 0.788. The standard InChI is InChI=1S/C17H22N2O3/c20-10-4-3-9-19(12-7-8-12)17(22)14-11-16(21)18-15-6-2-1-5-13(14)15/h1-2,5-6,12,14,20H,3-4,7-11H2,(H,18,21). The van der Waals surface area contributed by atoms with Crippen molar-refractivity contribution in [2.75, 3.05) is 18.5 Å². The largest absolute Gasteiger partial charge is 0.396 e. The second kappa shape index (κ2) is 6.48. The van der Waals surface area contributed by atoms with Crippen LogP contribution in [-0.2, 0) is 9.59 Å². The Hall–Kier alpha value is -1.88. The number of aliphatic hydroxyl groups is 1. The highest BCUT2D eigenvalue weighted by molar-refractivity contribution is 6.01. The first-order valence-corrected chi connectivity index (χ1v) is 8.01. The molecule has 0 bridgehead atoms. The predicted octanol–water partition coefficient (Wildman–Crippen LogP) is 1.88. The van der Waals surface area contributed by atoms with Gasteiger partial charge in [0.25, 0.3) is 0 Å². The van der Waals surface area contributed by atoms with Crippen LogP contribution in [0.25, 0.3) is 0 Å². The number of rotatable bonds is 6. The number of anilines is 1. The van der Waals surface area contributed by atoms with E-state index in [1.165, 1.54) is 0 Å². The Balaban J connectivity index is 1.79. The molecule has 0 aromatic heterocycles. The number of hydrogen-bond donors (Lipinski definition) is 2. The van der Waals surface area contributed by atoms with Gasteiger partial charge in [-0.3, -0.25) is 9.59 Å². The minimum Gasteiger partial charge on any atom is -0.396 e. The average molecular weight is 302 g/mol. The molecule has 5 heteroatoms. The van der Waals surface area contributed by atoms with Crippen molar-refractivity contribution in [2.24, 2.45) is 0 Å². The van der Waals surface area contributed by atoms with Gasteiger partial charge in [-0.25, -0.2) is 0 Å². The van der Waals surface area contributed by atoms with Crippen molar-refractivity contribution in [3.8, 4) is 0 Å². The predicted molar refractivity (Wildman–Crippen MR) is 83.5 cm³/mol. The Bertz CT molecular complexity index is 569. The summed E-state index contributed by atoms with van der Waals surface area (Å²) in [5.41, 5.74) is 1.67. The summed E-state index contributed by atoms with van der Waals surface area (Å²) in [6.07, 6.45) is 3.83. The number of carbonyl (C=O) groups is 2. The maximum absolute atomic E-state index is 13.0. The highest BCUT2D eigenvalue weighted by Gasteiger charge is 2.38. The second-order valence-corrected chi connectivity index (χ2v) is 6.09. The van der Waals surface area contributed by atoms with E-state index in [-0.39, 0.29) is 30.8 Å². The maximum Gasteiger partial charge on any atom is 0.230 e. The zero-order chi connectivity index (χ0) is 15.5. The van der Waals surface area contributed by atoms with Crippen molar-refractivity contribution in [1.82, 2.24) is 4.90 Å². The maximum atomic E-state index is 13.0. The second-order valence-electron chi connectivity index (χ2n) is 6.09. The number of benzene rings is 1. The van der Waals surface area contributed by atoms with Gasteiger partial charge in [0.2, 0.25) is 11.8 Å². The molecule has 0 spiro atoms. The summed E-state index contributed by atoms with van der Waals surface area (Å²) in [6.45, 7) is 0.825. The molecule has 1 unspecified atom stereocenters. The van der Waals surface area contributed by atoms with E-state index in [0.29, 0.717) is 19.0 Å². The number of unbranched alkanes of at least 4 members (excludes halogenated alkanes) is 1. The van der Waals surface area contributed by atoms with Gasteiger partial charge >= 0.3 is 0 Å². The van der Waals surface area contributed by atoms with Gasteiger partial charge in [-0.15, -0.1) is 0 Å². The van der Waals surface area contributed by atoms with Crippen molar-refractivity contribution in [3.05, 3.63) is 29.8 Å². The highest BCUT2D eigenvalue weighted by Crippen LogP contribution is 2.36. The van der Waals surface area contributed by atoms with E-state index in [1.54, 1.807) is 0 Å². The number of nitrogens with zero attached hydrogens (tertiary/aromatic N) is 1. The Kier molecular flexibility index (Phi) is 4.43. The summed E-state index contributed by atoms with van der Waals surface area (Å²) in [4.78, 5) is 26.8. The van der Waals surface area contributed by atoms with Crippen molar-refractivity contribution in [1.29, 1.82) is 0 Å². The van der Waals surface area contributed by atoms with Gasteiger partial charge < -0.3 is 15.3 Å². The Morgan fingerprint density at radius 2 is 2.05 bits per heavy atom. The molecule has 2 aliphatic rings. The summed E-state index contributed by atoms with van der Waals surface area (Å²) in [7, 11) is 0. The molecule has 5 nitrogen and oxygen atoms in total. The lowest BCUT2D eigenvalue weighted by atomic mass is 9.89. The molecule has 0 saturated heterocycles. The van der Waals surface area contributed by atoms with Crippen molar-refractivity contribution in [3.63, 3.8) is 0 Å². The molecule has 0 radical (unpaired) electrons. The average Bonchev–Trinajstić information content (AvgIpc) is 3.35. The lowest BCUT2D eigenvalue weighted by Gasteiger charge is -2.31. The van der Waals surface area contributed by atoms with Crippen LogP contribution in [0.3, 0.4) is 0 Å². The third-order valence-electron chi connectivity index (χ3n) is 4.38. The monoisotopic (exact) mass is 302 g/mol. The van der Waals surface area contributed by atoms with E-state index in [2.05, 4.69) is 5.32 Å². The third-order valence-corrected chi connectivity index (χ3v) is 4.38. The third kappa shape index (κ3) is 3.14. The highest BCUT2D eigenvalue weighted by atomic mass is 16.3. The normalized spacial score (nSPS) is 20.2. The first-order valence-electron chi connectivity index (χ1n) is 8.01. The molecule has 1 saturated carbocycles. The molecule has 1 aliphatic carbocycles. The van der Waals surface area contributed by atoms with Crippen LogP contribution < -0.4 is 5.32 Å². The summed E-state index contributed by atoms with van der Waals surface area (Å²) in [5, 5.41) is 11.8.